The van der Waals surface area contributed by atoms with E-state index >= 15 is 0 Å². The van der Waals surface area contributed by atoms with Gasteiger partial charge in [0, 0.05) is 19.2 Å². The molecule has 0 aliphatic carbocycles. The number of anilines is 1. The molecule has 0 aliphatic rings. The zero-order chi connectivity index (χ0) is 26.2. The summed E-state index contributed by atoms with van der Waals surface area (Å²) in [5.41, 5.74) is 0.987. The summed E-state index contributed by atoms with van der Waals surface area (Å²) in [6, 6.07) is 10.8. The smallest absolute Gasteiger partial charge is 0.244 e. The van der Waals surface area contributed by atoms with Crippen LogP contribution in [0.25, 0.3) is 0 Å². The first kappa shape index (κ1) is 27.8. The summed E-state index contributed by atoms with van der Waals surface area (Å²) in [5, 5.41) is 2.71. The number of likely N-dealkylation sites (N-methyl/N-ethyl adjacent to an activating group) is 1. The molecule has 192 valence electrons. The van der Waals surface area contributed by atoms with Gasteiger partial charge in [-0.2, -0.15) is 0 Å². The van der Waals surface area contributed by atoms with Gasteiger partial charge in [0.05, 0.1) is 33.3 Å². The van der Waals surface area contributed by atoms with Crippen LogP contribution in [-0.4, -0.2) is 71.8 Å². The number of methoxy groups -OCH3 is 3. The van der Waals surface area contributed by atoms with E-state index < -0.39 is 28.5 Å². The van der Waals surface area contributed by atoms with Crippen molar-refractivity contribution >= 4 is 27.5 Å². The molecule has 0 aromatic heterocycles. The molecule has 35 heavy (non-hydrogen) atoms. The molecule has 2 amide bonds. The molecule has 11 heteroatoms. The minimum Gasteiger partial charge on any atom is -0.497 e. The first-order chi connectivity index (χ1) is 16.5. The first-order valence-corrected chi connectivity index (χ1v) is 12.8. The molecule has 1 atom stereocenters. The van der Waals surface area contributed by atoms with E-state index in [2.05, 4.69) is 5.32 Å². The first-order valence-electron chi connectivity index (χ1n) is 11.0. The number of carbonyl (C=O) groups excluding carboxylic acids is 2. The van der Waals surface area contributed by atoms with E-state index in [9.17, 15) is 18.0 Å². The lowest BCUT2D eigenvalue weighted by Crippen LogP contribution is -2.51. The molecule has 2 aromatic carbocycles. The van der Waals surface area contributed by atoms with Crippen LogP contribution in [0.5, 0.6) is 17.2 Å². The van der Waals surface area contributed by atoms with Crippen molar-refractivity contribution in [3.8, 4) is 17.2 Å². The molecule has 0 spiro atoms. The molecular formula is C24H33N3O7S. The van der Waals surface area contributed by atoms with Crippen LogP contribution in [0.4, 0.5) is 5.69 Å². The average Bonchev–Trinajstić information content (AvgIpc) is 2.84. The van der Waals surface area contributed by atoms with Gasteiger partial charge in [0.15, 0.2) is 11.5 Å². The van der Waals surface area contributed by atoms with Crippen LogP contribution in [0, 0.1) is 0 Å². The zero-order valence-corrected chi connectivity index (χ0v) is 21.7. The number of ether oxygens (including phenoxy) is 3. The molecule has 1 N–H and O–H groups in total. The number of sulfonamides is 1. The SMILES string of the molecule is CCNC(=O)C(C)N(Cc1ccc(OC)cc1)C(=O)CN(c1ccc(OC)c(OC)c1)S(C)(=O)=O. The number of carbonyl (C=O) groups is 2. The molecule has 0 fully saturated rings. The van der Waals surface area contributed by atoms with Crippen LogP contribution in [0.2, 0.25) is 0 Å². The lowest BCUT2D eigenvalue weighted by Gasteiger charge is -2.31. The Hall–Kier alpha value is -3.47. The van der Waals surface area contributed by atoms with Gasteiger partial charge >= 0.3 is 0 Å². The third-order valence-corrected chi connectivity index (χ3v) is 6.51. The molecule has 0 bridgehead atoms. The number of hydrogen-bond donors (Lipinski definition) is 1. The highest BCUT2D eigenvalue weighted by Crippen LogP contribution is 2.32. The van der Waals surface area contributed by atoms with Gasteiger partial charge in [-0.05, 0) is 43.7 Å². The fraction of sp³-hybridized carbons (Fsp3) is 0.417. The number of amides is 2. The third-order valence-electron chi connectivity index (χ3n) is 5.36. The Balaban J connectivity index is 2.42. The van der Waals surface area contributed by atoms with Crippen molar-refractivity contribution in [2.24, 2.45) is 0 Å². The molecule has 10 nitrogen and oxygen atoms in total. The summed E-state index contributed by atoms with van der Waals surface area (Å²) in [4.78, 5) is 27.4. The van der Waals surface area contributed by atoms with Crippen LogP contribution < -0.4 is 23.8 Å². The number of benzene rings is 2. The van der Waals surface area contributed by atoms with Crippen molar-refractivity contribution in [3.63, 3.8) is 0 Å². The Morgan fingerprint density at radius 2 is 1.60 bits per heavy atom. The van der Waals surface area contributed by atoms with E-state index in [0.717, 1.165) is 16.1 Å². The number of rotatable bonds is 12. The molecule has 0 saturated carbocycles. The third kappa shape index (κ3) is 7.25. The quantitative estimate of drug-likeness (QED) is 0.468. The van der Waals surface area contributed by atoms with E-state index in [4.69, 9.17) is 14.2 Å². The summed E-state index contributed by atoms with van der Waals surface area (Å²) in [5.74, 6) is 0.505. The highest BCUT2D eigenvalue weighted by molar-refractivity contribution is 7.92. The van der Waals surface area contributed by atoms with Crippen LogP contribution in [0.1, 0.15) is 19.4 Å². The van der Waals surface area contributed by atoms with Gasteiger partial charge < -0.3 is 24.4 Å². The highest BCUT2D eigenvalue weighted by atomic mass is 32.2. The monoisotopic (exact) mass is 507 g/mol. The normalized spacial score (nSPS) is 11.8. The minimum atomic E-state index is -3.86. The van der Waals surface area contributed by atoms with E-state index in [0.29, 0.717) is 23.8 Å². The summed E-state index contributed by atoms with van der Waals surface area (Å²) in [6.07, 6.45) is 1.01. The van der Waals surface area contributed by atoms with Crippen molar-refractivity contribution in [3.05, 3.63) is 48.0 Å². The van der Waals surface area contributed by atoms with Gasteiger partial charge in [-0.15, -0.1) is 0 Å². The minimum absolute atomic E-state index is 0.102. The summed E-state index contributed by atoms with van der Waals surface area (Å²) < 4.78 is 42.0. The van der Waals surface area contributed by atoms with Crippen molar-refractivity contribution in [1.29, 1.82) is 0 Å². The lowest BCUT2D eigenvalue weighted by atomic mass is 10.1. The van der Waals surface area contributed by atoms with E-state index in [1.165, 1.54) is 31.3 Å². The zero-order valence-electron chi connectivity index (χ0n) is 20.9. The van der Waals surface area contributed by atoms with Gasteiger partial charge in [-0.3, -0.25) is 13.9 Å². The average molecular weight is 508 g/mol. The van der Waals surface area contributed by atoms with Crippen LogP contribution in [0.3, 0.4) is 0 Å². The van der Waals surface area contributed by atoms with Gasteiger partial charge in [-0.25, -0.2) is 8.42 Å². The van der Waals surface area contributed by atoms with Gasteiger partial charge in [0.25, 0.3) is 0 Å². The molecule has 2 rings (SSSR count). The maximum Gasteiger partial charge on any atom is 0.244 e. The van der Waals surface area contributed by atoms with Crippen LogP contribution in [0.15, 0.2) is 42.5 Å². The van der Waals surface area contributed by atoms with Crippen LogP contribution in [-0.2, 0) is 26.2 Å². The van der Waals surface area contributed by atoms with Crippen LogP contribution >= 0.6 is 0 Å². The molecule has 0 saturated heterocycles. The fourth-order valence-corrected chi connectivity index (χ4v) is 4.27. The molecular weight excluding hydrogens is 474 g/mol. The lowest BCUT2D eigenvalue weighted by molar-refractivity contribution is -0.139. The summed E-state index contributed by atoms with van der Waals surface area (Å²) in [6.45, 7) is 3.38. The van der Waals surface area contributed by atoms with Crippen molar-refractivity contribution in [2.75, 3.05) is 45.0 Å². The molecule has 0 heterocycles. The topological polar surface area (TPSA) is 114 Å². The molecule has 2 aromatic rings. The van der Waals surface area contributed by atoms with Crippen molar-refractivity contribution < 1.29 is 32.2 Å². The Labute approximate surface area is 206 Å². The Kier molecular flexibility index (Phi) is 9.76. The number of nitrogens with zero attached hydrogens (tertiary/aromatic N) is 2. The van der Waals surface area contributed by atoms with E-state index in [1.807, 2.05) is 0 Å². The maximum absolute atomic E-state index is 13.5. The second-order valence-corrected chi connectivity index (χ2v) is 9.66. The number of hydrogen-bond acceptors (Lipinski definition) is 7. The maximum atomic E-state index is 13.5. The Morgan fingerprint density at radius 3 is 2.11 bits per heavy atom. The molecule has 0 radical (unpaired) electrons. The predicted molar refractivity (Wildman–Crippen MR) is 133 cm³/mol. The second-order valence-electron chi connectivity index (χ2n) is 7.75. The predicted octanol–water partition coefficient (Wildman–Crippen LogP) is 2.03. The second kappa shape index (κ2) is 12.3. The van der Waals surface area contributed by atoms with Gasteiger partial charge in [0.1, 0.15) is 18.3 Å². The van der Waals surface area contributed by atoms with Crippen molar-refractivity contribution in [1.82, 2.24) is 10.2 Å². The van der Waals surface area contributed by atoms with Gasteiger partial charge in [-0.1, -0.05) is 12.1 Å². The standard InChI is InChI=1S/C24H33N3O7S/c1-7-25-24(29)17(2)26(15-18-8-11-20(32-3)12-9-18)23(28)16-27(35(6,30)31)19-10-13-21(33-4)22(14-19)34-5/h8-14,17H,7,15-16H2,1-6H3,(H,25,29). The highest BCUT2D eigenvalue weighted by Gasteiger charge is 2.30. The summed E-state index contributed by atoms with van der Waals surface area (Å²) in [7, 11) is 0.595. The summed E-state index contributed by atoms with van der Waals surface area (Å²) >= 11 is 0. The largest absolute Gasteiger partial charge is 0.497 e. The van der Waals surface area contributed by atoms with Gasteiger partial charge in [0.2, 0.25) is 21.8 Å². The Bertz CT molecular complexity index is 1120. The number of nitrogens with one attached hydrogen (secondary N) is 1. The molecule has 1 unspecified atom stereocenters. The van der Waals surface area contributed by atoms with E-state index in [1.54, 1.807) is 51.3 Å². The van der Waals surface area contributed by atoms with E-state index in [-0.39, 0.29) is 18.1 Å². The fourth-order valence-electron chi connectivity index (χ4n) is 3.43. The molecule has 0 aliphatic heterocycles. The van der Waals surface area contributed by atoms with Crippen molar-refractivity contribution in [2.45, 2.75) is 26.4 Å². The Morgan fingerprint density at radius 1 is 0.971 bits per heavy atom.